The van der Waals surface area contributed by atoms with E-state index in [1.54, 1.807) is 0 Å². The Morgan fingerprint density at radius 3 is 2.63 bits per heavy atom. The van der Waals surface area contributed by atoms with E-state index in [-0.39, 0.29) is 5.41 Å². The van der Waals surface area contributed by atoms with Crippen molar-refractivity contribution in [3.8, 4) is 11.3 Å². The Bertz CT molecular complexity index is 639. The van der Waals surface area contributed by atoms with Crippen molar-refractivity contribution in [3.05, 3.63) is 41.6 Å². The van der Waals surface area contributed by atoms with Crippen LogP contribution in [0.5, 0.6) is 0 Å². The van der Waals surface area contributed by atoms with Gasteiger partial charge >= 0.3 is 0 Å². The summed E-state index contributed by atoms with van der Waals surface area (Å²) >= 11 is 0. The maximum absolute atomic E-state index is 4.63. The van der Waals surface area contributed by atoms with Crippen LogP contribution in [0.15, 0.2) is 30.3 Å². The Morgan fingerprint density at radius 2 is 1.89 bits per heavy atom. The van der Waals surface area contributed by atoms with Gasteiger partial charge in [0.2, 0.25) is 0 Å². The lowest BCUT2D eigenvalue weighted by Gasteiger charge is -2.34. The van der Waals surface area contributed by atoms with Gasteiger partial charge in [0.15, 0.2) is 0 Å². The number of hydrogen-bond acceptors (Lipinski definition) is 1. The van der Waals surface area contributed by atoms with Gasteiger partial charge in [-0.25, -0.2) is 0 Å². The minimum Gasteiger partial charge on any atom is -0.281 e. The summed E-state index contributed by atoms with van der Waals surface area (Å²) in [6, 6.07) is 10.6. The SMILES string of the molecule is CC1(C)[C@H]2CC[C@]1(C)c1[nH]nc(-c3ccccc3)c12. The van der Waals surface area contributed by atoms with Crippen LogP contribution >= 0.6 is 0 Å². The Kier molecular flexibility index (Phi) is 1.96. The highest BCUT2D eigenvalue weighted by Crippen LogP contribution is 2.68. The van der Waals surface area contributed by atoms with Crippen molar-refractivity contribution < 1.29 is 0 Å². The average molecular weight is 252 g/mol. The van der Waals surface area contributed by atoms with Crippen molar-refractivity contribution in [3.63, 3.8) is 0 Å². The maximum Gasteiger partial charge on any atom is 0.0958 e. The molecule has 98 valence electrons. The highest BCUT2D eigenvalue weighted by Gasteiger charge is 2.61. The standard InChI is InChI=1S/C17H20N2/c1-16(2)12-9-10-17(16,3)15-13(12)14(18-19-15)11-7-5-4-6-8-11/h4-8,12H,9-10H2,1-3H3,(H,18,19)/t12-,17+/m0/s1. The minimum absolute atomic E-state index is 0.271. The highest BCUT2D eigenvalue weighted by atomic mass is 15.1. The van der Waals surface area contributed by atoms with E-state index in [2.05, 4.69) is 61.3 Å². The van der Waals surface area contributed by atoms with Crippen molar-refractivity contribution in [1.82, 2.24) is 10.2 Å². The van der Waals surface area contributed by atoms with Gasteiger partial charge < -0.3 is 0 Å². The molecule has 2 aromatic rings. The fourth-order valence-electron chi connectivity index (χ4n) is 4.38. The van der Waals surface area contributed by atoms with Crippen LogP contribution in [0.4, 0.5) is 0 Å². The quantitative estimate of drug-likeness (QED) is 0.807. The summed E-state index contributed by atoms with van der Waals surface area (Å²) in [7, 11) is 0. The van der Waals surface area contributed by atoms with Gasteiger partial charge in [-0.15, -0.1) is 0 Å². The fourth-order valence-corrected chi connectivity index (χ4v) is 4.38. The van der Waals surface area contributed by atoms with E-state index in [0.717, 1.165) is 0 Å². The molecule has 2 aliphatic rings. The van der Waals surface area contributed by atoms with E-state index < -0.39 is 0 Å². The van der Waals surface area contributed by atoms with Crippen molar-refractivity contribution in [2.75, 3.05) is 0 Å². The molecule has 1 fully saturated rings. The molecular formula is C17H20N2. The van der Waals surface area contributed by atoms with Crippen LogP contribution in [0.25, 0.3) is 11.3 Å². The molecule has 19 heavy (non-hydrogen) atoms. The molecule has 4 rings (SSSR count). The van der Waals surface area contributed by atoms with Gasteiger partial charge in [0, 0.05) is 22.2 Å². The predicted molar refractivity (Wildman–Crippen MR) is 77.1 cm³/mol. The zero-order valence-electron chi connectivity index (χ0n) is 11.8. The van der Waals surface area contributed by atoms with Gasteiger partial charge in [-0.3, -0.25) is 5.10 Å². The normalized spacial score (nSPS) is 30.6. The van der Waals surface area contributed by atoms with Gasteiger partial charge in [0.1, 0.15) is 0 Å². The summed E-state index contributed by atoms with van der Waals surface area (Å²) in [5, 5.41) is 8.00. The molecule has 2 nitrogen and oxygen atoms in total. The number of H-pyrrole nitrogens is 1. The molecule has 1 saturated carbocycles. The summed E-state index contributed by atoms with van der Waals surface area (Å²) in [6.07, 6.45) is 2.59. The Morgan fingerprint density at radius 1 is 1.16 bits per heavy atom. The van der Waals surface area contributed by atoms with Gasteiger partial charge in [-0.1, -0.05) is 51.1 Å². The van der Waals surface area contributed by atoms with Crippen molar-refractivity contribution >= 4 is 0 Å². The first kappa shape index (κ1) is 11.3. The molecule has 0 unspecified atom stereocenters. The van der Waals surface area contributed by atoms with Crippen LogP contribution in [0.2, 0.25) is 0 Å². The Hall–Kier alpha value is -1.57. The lowest BCUT2D eigenvalue weighted by Crippen LogP contribution is -2.32. The fraction of sp³-hybridized carbons (Fsp3) is 0.471. The number of benzene rings is 1. The molecule has 0 aliphatic heterocycles. The van der Waals surface area contributed by atoms with Gasteiger partial charge in [0.25, 0.3) is 0 Å². The van der Waals surface area contributed by atoms with Crippen LogP contribution in [0.1, 0.15) is 50.8 Å². The van der Waals surface area contributed by atoms with Crippen LogP contribution in [-0.4, -0.2) is 10.2 Å². The second kappa shape index (κ2) is 3.30. The Labute approximate surface area is 114 Å². The van der Waals surface area contributed by atoms with Crippen molar-refractivity contribution in [2.24, 2.45) is 5.41 Å². The third-order valence-electron chi connectivity index (χ3n) is 5.98. The molecule has 2 heteroatoms. The third-order valence-corrected chi connectivity index (χ3v) is 5.98. The Balaban J connectivity index is 1.95. The van der Waals surface area contributed by atoms with E-state index in [1.165, 1.54) is 35.4 Å². The monoisotopic (exact) mass is 252 g/mol. The van der Waals surface area contributed by atoms with Crippen molar-refractivity contribution in [2.45, 2.75) is 44.9 Å². The molecule has 1 aromatic heterocycles. The summed E-state index contributed by atoms with van der Waals surface area (Å²) in [4.78, 5) is 0. The summed E-state index contributed by atoms with van der Waals surface area (Å²) in [5.41, 5.74) is 5.93. The van der Waals surface area contributed by atoms with E-state index in [4.69, 9.17) is 0 Å². The van der Waals surface area contributed by atoms with Crippen LogP contribution < -0.4 is 0 Å². The first-order valence-electron chi connectivity index (χ1n) is 7.20. The van der Waals surface area contributed by atoms with E-state index >= 15 is 0 Å². The number of hydrogen-bond donors (Lipinski definition) is 1. The molecule has 0 radical (unpaired) electrons. The van der Waals surface area contributed by atoms with Crippen LogP contribution in [0.3, 0.4) is 0 Å². The molecule has 0 amide bonds. The summed E-state index contributed by atoms with van der Waals surface area (Å²) in [6.45, 7) is 7.26. The largest absolute Gasteiger partial charge is 0.281 e. The van der Waals surface area contributed by atoms with Gasteiger partial charge in [-0.05, 0) is 24.2 Å². The highest BCUT2D eigenvalue weighted by molar-refractivity contribution is 5.68. The van der Waals surface area contributed by atoms with Gasteiger partial charge in [0.05, 0.1) is 5.69 Å². The first-order chi connectivity index (χ1) is 9.06. The number of nitrogens with zero attached hydrogens (tertiary/aromatic N) is 1. The zero-order valence-corrected chi connectivity index (χ0v) is 11.8. The number of fused-ring (bicyclic) bond motifs is 5. The van der Waals surface area contributed by atoms with E-state index in [9.17, 15) is 0 Å². The maximum atomic E-state index is 4.63. The van der Waals surface area contributed by atoms with Crippen LogP contribution in [-0.2, 0) is 5.41 Å². The molecule has 2 bridgehead atoms. The predicted octanol–water partition coefficient (Wildman–Crippen LogP) is 4.25. The molecule has 0 saturated heterocycles. The number of aromatic nitrogens is 2. The lowest BCUT2D eigenvalue weighted by atomic mass is 9.70. The topological polar surface area (TPSA) is 28.7 Å². The smallest absolute Gasteiger partial charge is 0.0958 e. The number of nitrogens with one attached hydrogen (secondary N) is 1. The second-order valence-corrected chi connectivity index (χ2v) is 6.87. The van der Waals surface area contributed by atoms with E-state index in [1.807, 2.05) is 0 Å². The van der Waals surface area contributed by atoms with E-state index in [0.29, 0.717) is 11.3 Å². The molecule has 2 aliphatic carbocycles. The molecule has 2 atom stereocenters. The average Bonchev–Trinajstić information content (AvgIpc) is 2.98. The zero-order chi connectivity index (χ0) is 13.3. The summed E-state index contributed by atoms with van der Waals surface area (Å²) < 4.78 is 0. The third kappa shape index (κ3) is 1.15. The van der Waals surface area contributed by atoms with Crippen molar-refractivity contribution in [1.29, 1.82) is 0 Å². The summed E-state index contributed by atoms with van der Waals surface area (Å²) in [5.74, 6) is 0.654. The number of aromatic amines is 1. The number of rotatable bonds is 1. The molecule has 1 N–H and O–H groups in total. The molecular weight excluding hydrogens is 232 g/mol. The first-order valence-corrected chi connectivity index (χ1v) is 7.20. The van der Waals surface area contributed by atoms with Gasteiger partial charge in [-0.2, -0.15) is 5.10 Å². The lowest BCUT2D eigenvalue weighted by molar-refractivity contribution is 0.225. The van der Waals surface area contributed by atoms with Crippen LogP contribution in [0, 0.1) is 5.41 Å². The minimum atomic E-state index is 0.271. The molecule has 0 spiro atoms. The molecule has 1 aromatic carbocycles. The second-order valence-electron chi connectivity index (χ2n) is 6.87. The molecule has 1 heterocycles.